The molecule has 0 spiro atoms. The highest BCUT2D eigenvalue weighted by atomic mass is 35.5. The number of rotatable bonds is 3. The fourth-order valence-corrected chi connectivity index (χ4v) is 2.43. The van der Waals surface area contributed by atoms with Gasteiger partial charge in [0.25, 0.3) is 0 Å². The zero-order chi connectivity index (χ0) is 14.4. The van der Waals surface area contributed by atoms with Crippen molar-refractivity contribution in [3.05, 3.63) is 32.4 Å². The van der Waals surface area contributed by atoms with Gasteiger partial charge in [-0.15, -0.1) is 0 Å². The van der Waals surface area contributed by atoms with E-state index in [9.17, 15) is 25.0 Å². The molecule has 0 aliphatic heterocycles. The molecule has 0 saturated carbocycles. The molecule has 100 valence electrons. The van der Waals surface area contributed by atoms with E-state index in [1.165, 1.54) is 0 Å². The van der Waals surface area contributed by atoms with E-state index in [0.717, 1.165) is 6.08 Å². The molecule has 11 heteroatoms. The number of allylic oxidation sites excluding steroid dienone is 1. The Morgan fingerprint density at radius 1 is 1.06 bits per heavy atom. The molecule has 0 fully saturated rings. The van der Waals surface area contributed by atoms with Crippen molar-refractivity contribution >= 4 is 52.7 Å². The Morgan fingerprint density at radius 3 is 1.83 bits per heavy atom. The van der Waals surface area contributed by atoms with Crippen LogP contribution >= 0.6 is 46.4 Å². The van der Waals surface area contributed by atoms with Crippen molar-refractivity contribution in [2.75, 3.05) is 0 Å². The Morgan fingerprint density at radius 2 is 1.50 bits per heavy atom. The summed E-state index contributed by atoms with van der Waals surface area (Å²) in [4.78, 5) is 30.3. The minimum Gasteiger partial charge on any atom is -0.302 e. The summed E-state index contributed by atoms with van der Waals surface area (Å²) in [7, 11) is 0. The Hall–Kier alpha value is -0.630. The average molecular weight is 338 g/mol. The number of carbonyl (C=O) groups is 1. The molecule has 0 heterocycles. The highest BCUT2D eigenvalue weighted by Crippen LogP contribution is 2.55. The number of alkyl halides is 4. The fourth-order valence-electron chi connectivity index (χ4n) is 1.52. The van der Waals surface area contributed by atoms with E-state index in [2.05, 4.69) is 0 Å². The lowest BCUT2D eigenvalue weighted by Gasteiger charge is -2.38. The molecule has 1 unspecified atom stereocenters. The molecule has 0 saturated heterocycles. The summed E-state index contributed by atoms with van der Waals surface area (Å²) in [5.41, 5.74) is -3.00. The van der Waals surface area contributed by atoms with Crippen LogP contribution in [0.5, 0.6) is 0 Å². The van der Waals surface area contributed by atoms with E-state index < -0.39 is 30.1 Å². The smallest absolute Gasteiger partial charge is 0.302 e. The normalized spacial score (nSPS) is 27.4. The number of nitrogens with zero attached hydrogens (tertiary/aromatic N) is 2. The third-order valence-corrected chi connectivity index (χ3v) is 4.85. The van der Waals surface area contributed by atoms with Gasteiger partial charge in [-0.1, -0.05) is 46.4 Å². The zero-order valence-corrected chi connectivity index (χ0v) is 11.3. The number of halogens is 4. The molecule has 0 radical (unpaired) electrons. The summed E-state index contributed by atoms with van der Waals surface area (Å²) >= 11 is 22.8. The minimum absolute atomic E-state index is 0.103. The predicted molar refractivity (Wildman–Crippen MR) is 64.3 cm³/mol. The van der Waals surface area contributed by atoms with Crippen molar-refractivity contribution in [2.45, 2.75) is 14.3 Å². The van der Waals surface area contributed by atoms with E-state index in [-0.39, 0.29) is 6.29 Å². The van der Waals surface area contributed by atoms with Crippen molar-refractivity contribution in [2.24, 2.45) is 5.92 Å². The topological polar surface area (TPSA) is 103 Å². The van der Waals surface area contributed by atoms with E-state index in [1.54, 1.807) is 0 Å². The van der Waals surface area contributed by atoms with Crippen LogP contribution in [0.1, 0.15) is 0 Å². The highest BCUT2D eigenvalue weighted by molar-refractivity contribution is 6.64. The van der Waals surface area contributed by atoms with Crippen molar-refractivity contribution in [3.63, 3.8) is 0 Å². The van der Waals surface area contributed by atoms with Crippen LogP contribution in [0, 0.1) is 26.1 Å². The molecule has 1 rings (SSSR count). The van der Waals surface area contributed by atoms with Gasteiger partial charge >= 0.3 is 5.66 Å². The van der Waals surface area contributed by atoms with Gasteiger partial charge in [-0.25, -0.2) is 0 Å². The van der Waals surface area contributed by atoms with Crippen LogP contribution in [0.25, 0.3) is 0 Å². The lowest BCUT2D eigenvalue weighted by molar-refractivity contribution is -0.788. The van der Waals surface area contributed by atoms with Crippen molar-refractivity contribution < 1.29 is 14.6 Å². The molecule has 0 aromatic heterocycles. The van der Waals surface area contributed by atoms with E-state index >= 15 is 0 Å². The van der Waals surface area contributed by atoms with Crippen LogP contribution in [-0.2, 0) is 4.79 Å². The molecule has 1 aliphatic carbocycles. The number of hydrogen-bond acceptors (Lipinski definition) is 5. The zero-order valence-electron chi connectivity index (χ0n) is 8.26. The van der Waals surface area contributed by atoms with Crippen molar-refractivity contribution in [1.82, 2.24) is 0 Å². The number of carbonyl (C=O) groups excluding carboxylic acids is 1. The Balaban J connectivity index is 3.61. The fraction of sp³-hybridized carbons (Fsp3) is 0.571. The van der Waals surface area contributed by atoms with E-state index in [4.69, 9.17) is 46.4 Å². The number of hydrogen-bond donors (Lipinski definition) is 0. The monoisotopic (exact) mass is 336 g/mol. The van der Waals surface area contributed by atoms with Gasteiger partial charge in [0.05, 0.1) is 6.08 Å². The molecule has 0 amide bonds. The van der Waals surface area contributed by atoms with Gasteiger partial charge in [-0.05, 0) is 6.08 Å². The van der Waals surface area contributed by atoms with Gasteiger partial charge in [-0.2, -0.15) is 0 Å². The van der Waals surface area contributed by atoms with Gasteiger partial charge in [0.1, 0.15) is 16.1 Å². The maximum atomic E-state index is 11.0. The van der Waals surface area contributed by atoms with Gasteiger partial charge < -0.3 is 4.79 Å². The lowest BCUT2D eigenvalue weighted by Crippen LogP contribution is -2.63. The predicted octanol–water partition coefficient (Wildman–Crippen LogP) is 1.97. The minimum atomic E-state index is -3.00. The summed E-state index contributed by atoms with van der Waals surface area (Å²) in [6, 6.07) is 0. The molecule has 1 atom stereocenters. The van der Waals surface area contributed by atoms with Crippen molar-refractivity contribution in [3.8, 4) is 0 Å². The van der Waals surface area contributed by atoms with Crippen LogP contribution < -0.4 is 0 Å². The first-order chi connectivity index (χ1) is 8.04. The van der Waals surface area contributed by atoms with Gasteiger partial charge in [0.2, 0.25) is 0 Å². The third kappa shape index (κ3) is 1.85. The second kappa shape index (κ2) is 4.48. The molecule has 0 N–H and O–H groups in total. The first-order valence-corrected chi connectivity index (χ1v) is 5.75. The van der Waals surface area contributed by atoms with Crippen LogP contribution in [0.2, 0.25) is 0 Å². The first kappa shape index (κ1) is 15.4. The summed E-state index contributed by atoms with van der Waals surface area (Å²) in [5.74, 6) is -2.06. The van der Waals surface area contributed by atoms with Crippen LogP contribution in [-0.4, -0.2) is 30.5 Å². The summed E-state index contributed by atoms with van der Waals surface area (Å²) < 4.78 is -4.50. The quantitative estimate of drug-likeness (QED) is 0.195. The van der Waals surface area contributed by atoms with Gasteiger partial charge in [0, 0.05) is 0 Å². The molecule has 1 aliphatic rings. The number of nitro groups is 2. The second-order valence-electron chi connectivity index (χ2n) is 3.49. The third-order valence-electron chi connectivity index (χ3n) is 2.55. The van der Waals surface area contributed by atoms with Crippen LogP contribution in [0.15, 0.2) is 12.2 Å². The van der Waals surface area contributed by atoms with E-state index in [1.807, 2.05) is 0 Å². The molecular weight excluding hydrogens is 334 g/mol. The molecular formula is C7H4Cl4N2O5. The highest BCUT2D eigenvalue weighted by Gasteiger charge is 2.74. The maximum Gasteiger partial charge on any atom is 0.490 e. The van der Waals surface area contributed by atoms with Crippen molar-refractivity contribution in [1.29, 1.82) is 0 Å². The second-order valence-corrected chi connectivity index (χ2v) is 6.26. The molecule has 0 aromatic rings. The van der Waals surface area contributed by atoms with E-state index in [0.29, 0.717) is 6.08 Å². The largest absolute Gasteiger partial charge is 0.490 e. The maximum absolute atomic E-state index is 11.0. The molecule has 0 aromatic carbocycles. The Labute approximate surface area is 120 Å². The molecule has 18 heavy (non-hydrogen) atoms. The summed E-state index contributed by atoms with van der Waals surface area (Å²) in [5, 5.41) is 21.9. The van der Waals surface area contributed by atoms with Crippen LogP contribution in [0.3, 0.4) is 0 Å². The standard InChI is InChI=1S/C7H4Cl4N2O5/c8-6(9)2-1-5(12(15)16,13(17)18)4(3-14)7(6,10)11/h1-4H. The number of aldehydes is 1. The molecule has 0 bridgehead atoms. The average Bonchev–Trinajstić information content (AvgIpc) is 2.20. The van der Waals surface area contributed by atoms with Crippen LogP contribution in [0.4, 0.5) is 0 Å². The van der Waals surface area contributed by atoms with Gasteiger partial charge in [-0.3, -0.25) is 20.2 Å². The molecule has 7 nitrogen and oxygen atoms in total. The Bertz CT molecular complexity index is 435. The lowest BCUT2D eigenvalue weighted by atomic mass is 9.84. The summed E-state index contributed by atoms with van der Waals surface area (Å²) in [6.45, 7) is 0. The first-order valence-electron chi connectivity index (χ1n) is 4.24. The summed E-state index contributed by atoms with van der Waals surface area (Å²) in [6.07, 6.45) is 1.13. The van der Waals surface area contributed by atoms with Gasteiger partial charge in [0.15, 0.2) is 14.6 Å². The SMILES string of the molecule is O=CC1C([N+](=O)[O-])([N+](=O)[O-])C=CC(Cl)(Cl)C1(Cl)Cl. The Kier molecular flexibility index (Phi) is 3.84.